The lowest BCUT2D eigenvalue weighted by molar-refractivity contribution is -0.141. The fourth-order valence-corrected chi connectivity index (χ4v) is 5.42. The molecule has 2 aromatic heterocycles. The molecular weight excluding hydrogens is 586 g/mol. The van der Waals surface area contributed by atoms with Gasteiger partial charge in [-0.1, -0.05) is 23.2 Å². The van der Waals surface area contributed by atoms with Gasteiger partial charge in [-0.15, -0.1) is 0 Å². The molecule has 3 aromatic rings. The van der Waals surface area contributed by atoms with Crippen LogP contribution in [-0.4, -0.2) is 66.9 Å². The molecule has 4 heterocycles. The summed E-state index contributed by atoms with van der Waals surface area (Å²) in [6, 6.07) is 2.54. The smallest absolute Gasteiger partial charge is 0.357 e. The summed E-state index contributed by atoms with van der Waals surface area (Å²) in [5.74, 6) is -1.23. The Hall–Kier alpha value is -3.71. The van der Waals surface area contributed by atoms with Gasteiger partial charge in [0, 0.05) is 30.6 Å². The molecule has 10 nitrogen and oxygen atoms in total. The average Bonchev–Trinajstić information content (AvgIpc) is 3.31. The number of carbonyl (C=O) groups excluding carboxylic acids is 3. The summed E-state index contributed by atoms with van der Waals surface area (Å²) >= 11 is 12.1. The van der Waals surface area contributed by atoms with Crippen molar-refractivity contribution in [2.45, 2.75) is 51.1 Å². The fourth-order valence-electron chi connectivity index (χ4n) is 5.12. The van der Waals surface area contributed by atoms with E-state index in [-0.39, 0.29) is 41.4 Å². The van der Waals surface area contributed by atoms with Crippen LogP contribution in [0.2, 0.25) is 10.0 Å². The Labute approximate surface area is 242 Å². The van der Waals surface area contributed by atoms with Crippen molar-refractivity contribution in [2.75, 3.05) is 13.6 Å². The molecule has 1 aromatic carbocycles. The predicted octanol–water partition coefficient (Wildman–Crippen LogP) is 4.09. The minimum atomic E-state index is -4.66. The quantitative estimate of drug-likeness (QED) is 0.477. The van der Waals surface area contributed by atoms with Crippen LogP contribution >= 0.6 is 23.2 Å². The first-order valence-electron chi connectivity index (χ1n) is 12.6. The standard InChI is InChI=1S/C26H24Cl2F3N7O3/c1-12-6-18-15(10-36(12)24(40)14-4-5-16(27)17(28)7-14)22-25(41)37(11-20(23(39)32-3)38(22)35-18)13(2)19-8-34-21(9-33-19)26(29,30)31/h4-5,7-9,12-13,20H,6,10-11H2,1-3H3,(H,32,39)/t12-,13+,20+/m1/s1. The molecule has 0 saturated heterocycles. The van der Waals surface area contributed by atoms with Crippen LogP contribution in [0.4, 0.5) is 13.2 Å². The Balaban J connectivity index is 1.52. The third-order valence-electron chi connectivity index (χ3n) is 7.40. The van der Waals surface area contributed by atoms with Crippen LogP contribution in [0.15, 0.2) is 30.6 Å². The van der Waals surface area contributed by atoms with Gasteiger partial charge in [-0.3, -0.25) is 19.4 Å². The number of hydrogen-bond donors (Lipinski definition) is 1. The molecule has 0 radical (unpaired) electrons. The lowest BCUT2D eigenvalue weighted by Crippen LogP contribution is -2.49. The van der Waals surface area contributed by atoms with Crippen molar-refractivity contribution < 1.29 is 27.6 Å². The molecule has 2 aliphatic heterocycles. The summed E-state index contributed by atoms with van der Waals surface area (Å²) < 4.78 is 40.4. The third kappa shape index (κ3) is 5.12. The first-order chi connectivity index (χ1) is 19.3. The van der Waals surface area contributed by atoms with Crippen LogP contribution in [0.1, 0.15) is 69.4 Å². The highest BCUT2D eigenvalue weighted by Crippen LogP contribution is 2.36. The van der Waals surface area contributed by atoms with Crippen LogP contribution in [0, 0.1) is 0 Å². The summed E-state index contributed by atoms with van der Waals surface area (Å²) in [6.45, 7) is 3.39. The zero-order chi connectivity index (χ0) is 29.8. The molecule has 3 atom stereocenters. The van der Waals surface area contributed by atoms with Crippen LogP contribution in [-0.2, 0) is 23.9 Å². The Kier molecular flexibility index (Phi) is 7.45. The normalized spacial score (nSPS) is 19.5. The molecule has 0 saturated carbocycles. The van der Waals surface area contributed by atoms with Crippen LogP contribution in [0.25, 0.3) is 0 Å². The summed E-state index contributed by atoms with van der Waals surface area (Å²) in [6.07, 6.45) is -2.76. The van der Waals surface area contributed by atoms with Gasteiger partial charge in [-0.05, 0) is 32.0 Å². The molecule has 0 fully saturated rings. The molecule has 0 spiro atoms. The van der Waals surface area contributed by atoms with E-state index < -0.39 is 35.8 Å². The third-order valence-corrected chi connectivity index (χ3v) is 8.14. The number of carbonyl (C=O) groups is 3. The Morgan fingerprint density at radius 3 is 2.49 bits per heavy atom. The van der Waals surface area contributed by atoms with Gasteiger partial charge >= 0.3 is 6.18 Å². The van der Waals surface area contributed by atoms with Crippen molar-refractivity contribution in [3.63, 3.8) is 0 Å². The Bertz CT molecular complexity index is 1540. The molecule has 0 unspecified atom stereocenters. The van der Waals surface area contributed by atoms with Crippen molar-refractivity contribution in [3.8, 4) is 0 Å². The molecule has 0 aliphatic carbocycles. The van der Waals surface area contributed by atoms with E-state index in [0.29, 0.717) is 34.5 Å². The number of benzene rings is 1. The van der Waals surface area contributed by atoms with Crippen molar-refractivity contribution in [2.24, 2.45) is 0 Å². The summed E-state index contributed by atoms with van der Waals surface area (Å²) in [7, 11) is 1.46. The van der Waals surface area contributed by atoms with Crippen molar-refractivity contribution in [1.29, 1.82) is 0 Å². The van der Waals surface area contributed by atoms with Gasteiger partial charge in [-0.25, -0.2) is 9.67 Å². The molecule has 2 aliphatic rings. The Morgan fingerprint density at radius 2 is 1.88 bits per heavy atom. The Morgan fingerprint density at radius 1 is 1.15 bits per heavy atom. The second-order valence-corrected chi connectivity index (χ2v) is 10.7. The highest BCUT2D eigenvalue weighted by Gasteiger charge is 2.44. The van der Waals surface area contributed by atoms with Gasteiger partial charge in [0.05, 0.1) is 53.0 Å². The molecule has 1 N–H and O–H groups in total. The highest BCUT2D eigenvalue weighted by molar-refractivity contribution is 6.42. The fraction of sp³-hybridized carbons (Fsp3) is 0.385. The first-order valence-corrected chi connectivity index (χ1v) is 13.3. The van der Waals surface area contributed by atoms with E-state index in [9.17, 15) is 27.6 Å². The predicted molar refractivity (Wildman–Crippen MR) is 141 cm³/mol. The number of fused-ring (bicyclic) bond motifs is 3. The number of alkyl halides is 3. The number of aromatic nitrogens is 4. The van der Waals surface area contributed by atoms with Crippen molar-refractivity contribution in [1.82, 2.24) is 34.9 Å². The zero-order valence-electron chi connectivity index (χ0n) is 22.0. The van der Waals surface area contributed by atoms with E-state index in [4.69, 9.17) is 23.2 Å². The van der Waals surface area contributed by atoms with Gasteiger partial charge in [-0.2, -0.15) is 18.3 Å². The summed E-state index contributed by atoms with van der Waals surface area (Å²) in [4.78, 5) is 50.6. The zero-order valence-corrected chi connectivity index (χ0v) is 23.5. The van der Waals surface area contributed by atoms with Gasteiger partial charge in [0.15, 0.2) is 5.69 Å². The number of hydrogen-bond acceptors (Lipinski definition) is 6. The molecule has 0 bridgehead atoms. The topological polar surface area (TPSA) is 113 Å². The number of nitrogens with one attached hydrogen (secondary N) is 1. The van der Waals surface area contributed by atoms with Crippen LogP contribution in [0.5, 0.6) is 0 Å². The maximum atomic E-state index is 13.9. The van der Waals surface area contributed by atoms with E-state index in [1.807, 2.05) is 6.92 Å². The lowest BCUT2D eigenvalue weighted by Gasteiger charge is -2.37. The molecule has 216 valence electrons. The second-order valence-electron chi connectivity index (χ2n) is 9.92. The van der Waals surface area contributed by atoms with E-state index in [1.54, 1.807) is 17.9 Å². The summed E-state index contributed by atoms with van der Waals surface area (Å²) in [5, 5.41) is 7.73. The molecule has 41 heavy (non-hydrogen) atoms. The monoisotopic (exact) mass is 609 g/mol. The van der Waals surface area contributed by atoms with Crippen molar-refractivity contribution >= 4 is 40.9 Å². The number of rotatable bonds is 4. The highest BCUT2D eigenvalue weighted by atomic mass is 35.5. The SMILES string of the molecule is CNC(=O)[C@@H]1CN([C@@H](C)c2cnc(C(F)(F)F)cn2)C(=O)c2c3c(nn21)C[C@@H](C)N(C(=O)c1ccc(Cl)c(Cl)c1)C3. The number of halogens is 5. The molecular formula is C26H24Cl2F3N7O3. The average molecular weight is 610 g/mol. The molecule has 3 amide bonds. The van der Waals surface area contributed by atoms with E-state index >= 15 is 0 Å². The minimum Gasteiger partial charge on any atom is -0.357 e. The van der Waals surface area contributed by atoms with Gasteiger partial charge < -0.3 is 15.1 Å². The summed E-state index contributed by atoms with van der Waals surface area (Å²) in [5.41, 5.74) is 0.484. The largest absolute Gasteiger partial charge is 0.434 e. The number of likely N-dealkylation sites (N-methyl/N-ethyl adjacent to an activating group) is 1. The van der Waals surface area contributed by atoms with Gasteiger partial charge in [0.25, 0.3) is 11.8 Å². The van der Waals surface area contributed by atoms with Gasteiger partial charge in [0.1, 0.15) is 11.7 Å². The van der Waals surface area contributed by atoms with E-state index in [2.05, 4.69) is 20.4 Å². The maximum Gasteiger partial charge on any atom is 0.434 e. The van der Waals surface area contributed by atoms with Crippen LogP contribution < -0.4 is 5.32 Å². The second kappa shape index (κ2) is 10.6. The molecule has 5 rings (SSSR count). The first kappa shape index (κ1) is 28.8. The number of nitrogens with zero attached hydrogens (tertiary/aromatic N) is 6. The molecule has 15 heteroatoms. The number of amides is 3. The lowest BCUT2D eigenvalue weighted by atomic mass is 9.96. The van der Waals surface area contributed by atoms with E-state index in [1.165, 1.54) is 28.8 Å². The minimum absolute atomic E-state index is 0.0411. The van der Waals surface area contributed by atoms with E-state index in [0.717, 1.165) is 6.20 Å². The van der Waals surface area contributed by atoms with Gasteiger partial charge in [0.2, 0.25) is 5.91 Å². The maximum absolute atomic E-state index is 13.9. The van der Waals surface area contributed by atoms with Crippen molar-refractivity contribution in [3.05, 3.63) is 74.5 Å². The van der Waals surface area contributed by atoms with Crippen LogP contribution in [0.3, 0.4) is 0 Å².